The molecule has 5 rings (SSSR count). The summed E-state index contributed by atoms with van der Waals surface area (Å²) in [6.07, 6.45) is 5.21. The highest BCUT2D eigenvalue weighted by molar-refractivity contribution is 7.98. The summed E-state index contributed by atoms with van der Waals surface area (Å²) in [4.78, 5) is 16.0. The molecule has 0 aromatic carbocycles. The summed E-state index contributed by atoms with van der Waals surface area (Å²) >= 11 is 5.08. The fourth-order valence-electron chi connectivity index (χ4n) is 2.96. The molecular formula is C16H12N4OS3. The Hall–Kier alpha value is -1.77. The van der Waals surface area contributed by atoms with E-state index in [1.807, 2.05) is 28.2 Å². The quantitative estimate of drug-likeness (QED) is 0.386. The number of thiophene rings is 2. The molecule has 4 aromatic heterocycles. The molecule has 0 radical (unpaired) electrons. The van der Waals surface area contributed by atoms with Crippen molar-refractivity contribution in [1.29, 1.82) is 0 Å². The summed E-state index contributed by atoms with van der Waals surface area (Å²) < 4.78 is 5.38. The molecule has 0 spiro atoms. The first-order valence-corrected chi connectivity index (χ1v) is 10.4. The topological polar surface area (TPSA) is 64.7 Å². The van der Waals surface area contributed by atoms with E-state index in [0.717, 1.165) is 21.8 Å². The monoisotopic (exact) mass is 372 g/mol. The largest absolute Gasteiger partial charge is 0.338 e. The minimum Gasteiger partial charge on any atom is -0.338 e. The van der Waals surface area contributed by atoms with Crippen LogP contribution in [0, 0.1) is 0 Å². The Labute approximate surface area is 150 Å². The number of nitrogens with zero attached hydrogens (tertiary/aromatic N) is 4. The molecule has 0 amide bonds. The van der Waals surface area contributed by atoms with Crippen LogP contribution in [0.5, 0.6) is 0 Å². The minimum atomic E-state index is 0.619. The van der Waals surface area contributed by atoms with Crippen LogP contribution in [-0.2, 0) is 18.6 Å². The third-order valence-electron chi connectivity index (χ3n) is 4.05. The third-order valence-corrected chi connectivity index (χ3v) is 6.90. The molecule has 4 heterocycles. The van der Waals surface area contributed by atoms with E-state index < -0.39 is 0 Å². The second kappa shape index (κ2) is 5.94. The van der Waals surface area contributed by atoms with Crippen molar-refractivity contribution in [3.8, 4) is 11.4 Å². The van der Waals surface area contributed by atoms with Crippen molar-refractivity contribution in [1.82, 2.24) is 20.1 Å². The SMILES string of the molecule is c1nc(SCc2nc(-c3ccsc3)no2)c2c3c(sc2n1)CCC3. The second-order valence-electron chi connectivity index (χ2n) is 5.53. The summed E-state index contributed by atoms with van der Waals surface area (Å²) in [7, 11) is 0. The van der Waals surface area contributed by atoms with Crippen LogP contribution in [0.1, 0.15) is 22.8 Å². The standard InChI is InChI=1S/C16H12N4OS3/c1-2-10-11(3-1)24-16-13(10)15(17-8-18-16)23-7-12-19-14(20-21-12)9-4-5-22-6-9/h4-6,8H,1-3,7H2. The molecule has 5 nitrogen and oxygen atoms in total. The van der Waals surface area contributed by atoms with Crippen LogP contribution in [0.15, 0.2) is 32.7 Å². The first-order chi connectivity index (χ1) is 11.9. The Morgan fingerprint density at radius 1 is 1.25 bits per heavy atom. The molecule has 4 aromatic rings. The van der Waals surface area contributed by atoms with Crippen LogP contribution in [0.3, 0.4) is 0 Å². The number of thioether (sulfide) groups is 1. The molecule has 0 saturated carbocycles. The smallest absolute Gasteiger partial charge is 0.237 e. The molecule has 24 heavy (non-hydrogen) atoms. The Kier molecular flexibility index (Phi) is 3.61. The first kappa shape index (κ1) is 14.6. The van der Waals surface area contributed by atoms with Gasteiger partial charge >= 0.3 is 0 Å². The zero-order valence-corrected chi connectivity index (χ0v) is 15.0. The van der Waals surface area contributed by atoms with Crippen molar-refractivity contribution in [3.05, 3.63) is 39.5 Å². The molecule has 0 N–H and O–H groups in total. The Balaban J connectivity index is 1.42. The predicted octanol–water partition coefficient (Wildman–Crippen LogP) is 4.58. The van der Waals surface area contributed by atoms with Gasteiger partial charge in [-0.15, -0.1) is 11.3 Å². The number of hydrogen-bond acceptors (Lipinski definition) is 8. The lowest BCUT2D eigenvalue weighted by molar-refractivity contribution is 0.391. The van der Waals surface area contributed by atoms with Gasteiger partial charge in [-0.2, -0.15) is 16.3 Å². The maximum absolute atomic E-state index is 5.38. The van der Waals surface area contributed by atoms with E-state index in [1.54, 1.807) is 29.4 Å². The van der Waals surface area contributed by atoms with Gasteiger partial charge in [0.1, 0.15) is 16.2 Å². The van der Waals surface area contributed by atoms with Crippen LogP contribution in [-0.4, -0.2) is 20.1 Å². The molecule has 0 atom stereocenters. The van der Waals surface area contributed by atoms with E-state index in [0.29, 0.717) is 17.5 Å². The molecular weight excluding hydrogens is 360 g/mol. The highest BCUT2D eigenvalue weighted by Crippen LogP contribution is 2.40. The first-order valence-electron chi connectivity index (χ1n) is 7.61. The number of fused-ring (bicyclic) bond motifs is 3. The zero-order valence-electron chi connectivity index (χ0n) is 12.6. The number of hydrogen-bond donors (Lipinski definition) is 0. The van der Waals surface area contributed by atoms with Crippen molar-refractivity contribution in [2.75, 3.05) is 0 Å². The van der Waals surface area contributed by atoms with Crippen molar-refractivity contribution in [3.63, 3.8) is 0 Å². The van der Waals surface area contributed by atoms with Gasteiger partial charge in [-0.1, -0.05) is 16.9 Å². The van der Waals surface area contributed by atoms with Gasteiger partial charge in [0.05, 0.1) is 5.75 Å². The zero-order chi connectivity index (χ0) is 15.9. The molecule has 1 aliphatic rings. The van der Waals surface area contributed by atoms with Crippen LogP contribution in [0.25, 0.3) is 21.6 Å². The Bertz CT molecular complexity index is 1010. The summed E-state index contributed by atoms with van der Waals surface area (Å²) in [6, 6.07) is 2.00. The second-order valence-corrected chi connectivity index (χ2v) is 8.36. The summed E-state index contributed by atoms with van der Waals surface area (Å²) in [5.41, 5.74) is 2.45. The van der Waals surface area contributed by atoms with E-state index in [9.17, 15) is 0 Å². The van der Waals surface area contributed by atoms with Gasteiger partial charge in [-0.25, -0.2) is 9.97 Å². The average Bonchev–Trinajstić information content (AvgIpc) is 3.34. The van der Waals surface area contributed by atoms with Crippen LogP contribution in [0.4, 0.5) is 0 Å². The third kappa shape index (κ3) is 2.45. The fraction of sp³-hybridized carbons (Fsp3) is 0.250. The van der Waals surface area contributed by atoms with Gasteiger partial charge in [0.15, 0.2) is 0 Å². The van der Waals surface area contributed by atoms with Crippen molar-refractivity contribution < 1.29 is 4.52 Å². The Morgan fingerprint density at radius 3 is 3.17 bits per heavy atom. The highest BCUT2D eigenvalue weighted by atomic mass is 32.2. The normalized spacial score (nSPS) is 13.7. The molecule has 0 saturated heterocycles. The van der Waals surface area contributed by atoms with Gasteiger partial charge < -0.3 is 4.52 Å². The van der Waals surface area contributed by atoms with Crippen LogP contribution < -0.4 is 0 Å². The molecule has 0 fully saturated rings. The van der Waals surface area contributed by atoms with E-state index in [-0.39, 0.29) is 0 Å². The average molecular weight is 373 g/mol. The van der Waals surface area contributed by atoms with Gasteiger partial charge in [0, 0.05) is 21.2 Å². The van der Waals surface area contributed by atoms with Gasteiger partial charge in [-0.05, 0) is 36.3 Å². The predicted molar refractivity (Wildman–Crippen MR) is 96.6 cm³/mol. The molecule has 120 valence electrons. The number of aromatic nitrogens is 4. The molecule has 8 heteroatoms. The fourth-order valence-corrected chi connectivity index (χ4v) is 5.75. The molecule has 0 bridgehead atoms. The summed E-state index contributed by atoms with van der Waals surface area (Å²) in [5, 5.41) is 10.3. The summed E-state index contributed by atoms with van der Waals surface area (Å²) in [6.45, 7) is 0. The summed E-state index contributed by atoms with van der Waals surface area (Å²) in [5.74, 6) is 1.89. The minimum absolute atomic E-state index is 0.619. The van der Waals surface area contributed by atoms with E-state index in [2.05, 4.69) is 20.1 Å². The van der Waals surface area contributed by atoms with E-state index >= 15 is 0 Å². The van der Waals surface area contributed by atoms with Gasteiger partial charge in [0.2, 0.25) is 11.7 Å². The van der Waals surface area contributed by atoms with Crippen LogP contribution in [0.2, 0.25) is 0 Å². The highest BCUT2D eigenvalue weighted by Gasteiger charge is 2.21. The number of aryl methyl sites for hydroxylation is 2. The van der Waals surface area contributed by atoms with Crippen molar-refractivity contribution in [2.45, 2.75) is 30.0 Å². The van der Waals surface area contributed by atoms with E-state index in [1.165, 1.54) is 28.7 Å². The van der Waals surface area contributed by atoms with Crippen molar-refractivity contribution >= 4 is 44.7 Å². The van der Waals surface area contributed by atoms with Crippen LogP contribution >= 0.6 is 34.4 Å². The number of rotatable bonds is 4. The lowest BCUT2D eigenvalue weighted by Crippen LogP contribution is -1.88. The maximum Gasteiger partial charge on any atom is 0.237 e. The molecule has 0 unspecified atom stereocenters. The lowest BCUT2D eigenvalue weighted by atomic mass is 10.2. The maximum atomic E-state index is 5.38. The molecule has 1 aliphatic carbocycles. The van der Waals surface area contributed by atoms with Crippen molar-refractivity contribution in [2.24, 2.45) is 0 Å². The van der Waals surface area contributed by atoms with Gasteiger partial charge in [0.25, 0.3) is 0 Å². The Morgan fingerprint density at radius 2 is 2.25 bits per heavy atom. The van der Waals surface area contributed by atoms with E-state index in [4.69, 9.17) is 4.52 Å². The lowest BCUT2D eigenvalue weighted by Gasteiger charge is -2.01. The molecule has 0 aliphatic heterocycles. The van der Waals surface area contributed by atoms with Gasteiger partial charge in [-0.3, -0.25) is 0 Å².